The molecule has 3 rings (SSSR count). The molecule has 0 saturated carbocycles. The molecule has 160 valence electrons. The quantitative estimate of drug-likeness (QED) is 0.304. The number of imide groups is 1. The van der Waals surface area contributed by atoms with Crippen LogP contribution in [0.3, 0.4) is 0 Å². The molecule has 12 heteroatoms. The van der Waals surface area contributed by atoms with E-state index < -0.39 is 17.7 Å². The summed E-state index contributed by atoms with van der Waals surface area (Å²) in [7, 11) is 0. The van der Waals surface area contributed by atoms with Crippen LogP contribution in [0.5, 0.6) is 5.75 Å². The molecule has 0 atom stereocenters. The number of amides is 3. The van der Waals surface area contributed by atoms with Gasteiger partial charge in [-0.05, 0) is 24.3 Å². The number of phenolic OH excluding ortho intramolecular Hbond substituents is 1. The fourth-order valence-electron chi connectivity index (χ4n) is 2.55. The Bertz CT molecular complexity index is 1200. The van der Waals surface area contributed by atoms with Crippen LogP contribution in [-0.2, 0) is 0 Å². The lowest BCUT2D eigenvalue weighted by atomic mass is 10.1. The summed E-state index contributed by atoms with van der Waals surface area (Å²) in [5.41, 5.74) is 0.0581. The Hall–Kier alpha value is -1.93. The van der Waals surface area contributed by atoms with Crippen molar-refractivity contribution in [1.82, 2.24) is 10.3 Å². The molecular weight excluding hydrogens is 531 g/mol. The largest absolute Gasteiger partial charge is 0.504 e. The molecule has 0 unspecified atom stereocenters. The number of anilines is 1. The predicted molar refractivity (Wildman–Crippen MR) is 124 cm³/mol. The van der Waals surface area contributed by atoms with Crippen LogP contribution in [0, 0.1) is 0 Å². The molecule has 3 N–H and O–H groups in total. The van der Waals surface area contributed by atoms with E-state index in [0.29, 0.717) is 5.02 Å². The van der Waals surface area contributed by atoms with E-state index in [0.717, 1.165) is 0 Å². The maximum atomic E-state index is 12.3. The molecule has 0 spiro atoms. The van der Waals surface area contributed by atoms with Gasteiger partial charge in [-0.2, -0.15) is 0 Å². The van der Waals surface area contributed by atoms with E-state index in [1.165, 1.54) is 30.5 Å². The second-order valence-corrected chi connectivity index (χ2v) is 8.38. The van der Waals surface area contributed by atoms with Gasteiger partial charge in [0.25, 0.3) is 5.91 Å². The second-order valence-electron chi connectivity index (χ2n) is 5.93. The minimum Gasteiger partial charge on any atom is -0.504 e. The zero-order valence-corrected chi connectivity index (χ0v) is 19.5. The SMILES string of the molecule is O=C(NC(=O)c1c(Cl)cccc1Cl)Nc1cc(Cl)c(-c2ncc(Cl)cc2Cl)c(Cl)c1O. The van der Waals surface area contributed by atoms with Crippen LogP contribution >= 0.6 is 69.6 Å². The standard InChI is InChI=1S/C19H9Cl6N3O3/c20-7-4-11(24)16(26-6-7)14-10(23)5-12(17(29)15(14)25)27-19(31)28-18(30)13-8(21)2-1-3-9(13)22/h1-6,29H,(H2,27,28,30,31). The van der Waals surface area contributed by atoms with Crippen molar-refractivity contribution in [3.63, 3.8) is 0 Å². The number of hydrogen-bond donors (Lipinski definition) is 3. The Labute approximate surface area is 206 Å². The van der Waals surface area contributed by atoms with Gasteiger partial charge in [0.05, 0.1) is 47.1 Å². The molecule has 3 aromatic rings. The molecular formula is C19H9Cl6N3O3. The van der Waals surface area contributed by atoms with Crippen LogP contribution < -0.4 is 10.6 Å². The van der Waals surface area contributed by atoms with E-state index in [4.69, 9.17) is 69.6 Å². The van der Waals surface area contributed by atoms with Crippen molar-refractivity contribution in [3.8, 4) is 17.0 Å². The highest BCUT2D eigenvalue weighted by Crippen LogP contribution is 2.46. The van der Waals surface area contributed by atoms with Crippen molar-refractivity contribution in [2.24, 2.45) is 0 Å². The number of nitrogens with zero attached hydrogens (tertiary/aromatic N) is 1. The number of halogens is 6. The Balaban J connectivity index is 1.87. The number of carbonyl (C=O) groups is 2. The Morgan fingerprint density at radius 1 is 0.903 bits per heavy atom. The van der Waals surface area contributed by atoms with E-state index in [1.807, 2.05) is 0 Å². The summed E-state index contributed by atoms with van der Waals surface area (Å²) >= 11 is 36.4. The van der Waals surface area contributed by atoms with Gasteiger partial charge in [-0.3, -0.25) is 15.1 Å². The molecule has 0 radical (unpaired) electrons. The van der Waals surface area contributed by atoms with Gasteiger partial charge >= 0.3 is 6.03 Å². The van der Waals surface area contributed by atoms with Crippen molar-refractivity contribution in [2.45, 2.75) is 0 Å². The van der Waals surface area contributed by atoms with E-state index in [9.17, 15) is 14.7 Å². The number of nitrogens with one attached hydrogen (secondary N) is 2. The number of phenols is 1. The van der Waals surface area contributed by atoms with Crippen molar-refractivity contribution >= 4 is 87.2 Å². The van der Waals surface area contributed by atoms with Gasteiger partial charge in [-0.15, -0.1) is 0 Å². The van der Waals surface area contributed by atoms with Crippen LogP contribution in [0.15, 0.2) is 36.5 Å². The van der Waals surface area contributed by atoms with Crippen molar-refractivity contribution in [3.05, 3.63) is 72.2 Å². The summed E-state index contributed by atoms with van der Waals surface area (Å²) in [5, 5.41) is 15.1. The third kappa shape index (κ3) is 5.12. The van der Waals surface area contributed by atoms with Crippen molar-refractivity contribution in [1.29, 1.82) is 0 Å². The average Bonchev–Trinajstić information content (AvgIpc) is 2.67. The first-order valence-electron chi connectivity index (χ1n) is 8.18. The lowest BCUT2D eigenvalue weighted by Crippen LogP contribution is -2.34. The number of rotatable bonds is 3. The molecule has 31 heavy (non-hydrogen) atoms. The average molecular weight is 540 g/mol. The molecule has 6 nitrogen and oxygen atoms in total. The normalized spacial score (nSPS) is 10.6. The Morgan fingerprint density at radius 2 is 1.55 bits per heavy atom. The van der Waals surface area contributed by atoms with Gasteiger partial charge in [0.1, 0.15) is 0 Å². The summed E-state index contributed by atoms with van der Waals surface area (Å²) in [6, 6.07) is 6.10. The minimum absolute atomic E-state index is 0.0234. The summed E-state index contributed by atoms with van der Waals surface area (Å²) in [5.74, 6) is -1.37. The molecule has 0 aliphatic heterocycles. The first-order chi connectivity index (χ1) is 14.6. The smallest absolute Gasteiger partial charge is 0.326 e. The summed E-state index contributed by atoms with van der Waals surface area (Å²) in [4.78, 5) is 28.7. The van der Waals surface area contributed by atoms with Gasteiger partial charge in [-0.25, -0.2) is 4.79 Å². The zero-order valence-electron chi connectivity index (χ0n) is 14.9. The fraction of sp³-hybridized carbons (Fsp3) is 0. The number of benzene rings is 2. The monoisotopic (exact) mass is 537 g/mol. The van der Waals surface area contributed by atoms with Crippen molar-refractivity contribution < 1.29 is 14.7 Å². The van der Waals surface area contributed by atoms with E-state index in [2.05, 4.69) is 15.6 Å². The highest BCUT2D eigenvalue weighted by Gasteiger charge is 2.22. The molecule has 3 amide bonds. The number of urea groups is 1. The third-order valence-electron chi connectivity index (χ3n) is 3.90. The lowest BCUT2D eigenvalue weighted by Gasteiger charge is -2.15. The van der Waals surface area contributed by atoms with Crippen molar-refractivity contribution in [2.75, 3.05) is 5.32 Å². The van der Waals surface area contributed by atoms with E-state index in [-0.39, 0.29) is 47.6 Å². The maximum Gasteiger partial charge on any atom is 0.326 e. The lowest BCUT2D eigenvalue weighted by molar-refractivity contribution is 0.0967. The number of pyridine rings is 1. The Morgan fingerprint density at radius 3 is 2.16 bits per heavy atom. The van der Waals surface area contributed by atoms with Gasteiger partial charge < -0.3 is 10.4 Å². The van der Waals surface area contributed by atoms with Crippen LogP contribution in [0.1, 0.15) is 10.4 Å². The topological polar surface area (TPSA) is 91.3 Å². The highest BCUT2D eigenvalue weighted by molar-refractivity contribution is 6.43. The fourth-order valence-corrected chi connectivity index (χ4v) is 4.23. The van der Waals surface area contributed by atoms with E-state index >= 15 is 0 Å². The molecule has 0 bridgehead atoms. The van der Waals surface area contributed by atoms with E-state index in [1.54, 1.807) is 6.07 Å². The molecule has 0 aliphatic carbocycles. The number of hydrogen-bond acceptors (Lipinski definition) is 4. The second kappa shape index (κ2) is 9.69. The minimum atomic E-state index is -0.987. The summed E-state index contributed by atoms with van der Waals surface area (Å²) in [6.45, 7) is 0. The highest BCUT2D eigenvalue weighted by atomic mass is 35.5. The number of carbonyl (C=O) groups excluding carboxylic acids is 2. The predicted octanol–water partition coefficient (Wildman–Crippen LogP) is 7.34. The van der Waals surface area contributed by atoms with Gasteiger partial charge in [0.15, 0.2) is 5.75 Å². The number of aromatic hydroxyl groups is 1. The number of aromatic nitrogens is 1. The molecule has 1 heterocycles. The van der Waals surface area contributed by atoms with Gasteiger partial charge in [-0.1, -0.05) is 75.7 Å². The zero-order chi connectivity index (χ0) is 22.9. The van der Waals surface area contributed by atoms with Crippen LogP contribution in [0.25, 0.3) is 11.3 Å². The maximum absolute atomic E-state index is 12.3. The van der Waals surface area contributed by atoms with Crippen LogP contribution in [-0.4, -0.2) is 22.0 Å². The molecule has 1 aromatic heterocycles. The third-order valence-corrected chi connectivity index (χ3v) is 5.69. The molecule has 0 aliphatic rings. The first-order valence-corrected chi connectivity index (χ1v) is 10.5. The van der Waals surface area contributed by atoms with Crippen LogP contribution in [0.2, 0.25) is 30.1 Å². The Kier molecular flexibility index (Phi) is 7.42. The van der Waals surface area contributed by atoms with Crippen LogP contribution in [0.4, 0.5) is 10.5 Å². The summed E-state index contributed by atoms with van der Waals surface area (Å²) < 4.78 is 0. The summed E-state index contributed by atoms with van der Waals surface area (Å²) in [6.07, 6.45) is 1.33. The molecule has 2 aromatic carbocycles. The molecule has 0 fully saturated rings. The van der Waals surface area contributed by atoms with Gasteiger partial charge in [0.2, 0.25) is 0 Å². The first kappa shape index (κ1) is 23.7. The molecule has 0 saturated heterocycles. The van der Waals surface area contributed by atoms with Gasteiger partial charge in [0, 0.05) is 11.8 Å².